The van der Waals surface area contributed by atoms with Crippen LogP contribution in [0.25, 0.3) is 0 Å². The van der Waals surface area contributed by atoms with Crippen LogP contribution in [0, 0.1) is 11.8 Å². The van der Waals surface area contributed by atoms with E-state index in [0.717, 1.165) is 54.8 Å². The number of ketones is 1. The van der Waals surface area contributed by atoms with Gasteiger partial charge in [-0.25, -0.2) is 0 Å². The van der Waals surface area contributed by atoms with Gasteiger partial charge in [-0.2, -0.15) is 0 Å². The van der Waals surface area contributed by atoms with E-state index in [9.17, 15) is 4.79 Å². The standard InChI is InChI=1S/C15H22N2O2S/c16-12-8-13(20-15(12)14(18)11-4-5-11)17-6-1-7-19-9-10-2-3-10/h8,10-11,17H,1-7,9,16H2. The van der Waals surface area contributed by atoms with Crippen LogP contribution >= 0.6 is 11.3 Å². The van der Waals surface area contributed by atoms with Gasteiger partial charge in [0.05, 0.1) is 15.6 Å². The Labute approximate surface area is 123 Å². The molecule has 0 atom stereocenters. The fraction of sp³-hybridized carbons (Fsp3) is 0.667. The highest BCUT2D eigenvalue weighted by Crippen LogP contribution is 2.38. The van der Waals surface area contributed by atoms with E-state index in [1.54, 1.807) is 0 Å². The predicted octanol–water partition coefficient (Wildman–Crippen LogP) is 3.15. The van der Waals surface area contributed by atoms with Crippen molar-refractivity contribution >= 4 is 27.8 Å². The molecular formula is C15H22N2O2S. The normalized spacial score (nSPS) is 18.2. The molecule has 110 valence electrons. The molecule has 0 radical (unpaired) electrons. The number of hydrogen-bond donors (Lipinski definition) is 2. The lowest BCUT2D eigenvalue weighted by Gasteiger charge is -2.04. The topological polar surface area (TPSA) is 64.3 Å². The molecule has 0 amide bonds. The van der Waals surface area contributed by atoms with Gasteiger partial charge < -0.3 is 15.8 Å². The van der Waals surface area contributed by atoms with Crippen molar-refractivity contribution in [2.45, 2.75) is 32.1 Å². The molecule has 0 spiro atoms. The van der Waals surface area contributed by atoms with Gasteiger partial charge in [-0.15, -0.1) is 11.3 Å². The second-order valence-corrected chi connectivity index (χ2v) is 6.88. The Balaban J connectivity index is 1.38. The van der Waals surface area contributed by atoms with Crippen molar-refractivity contribution in [3.63, 3.8) is 0 Å². The lowest BCUT2D eigenvalue weighted by molar-refractivity contribution is 0.0972. The van der Waals surface area contributed by atoms with Crippen LogP contribution in [0.2, 0.25) is 0 Å². The maximum atomic E-state index is 12.0. The monoisotopic (exact) mass is 294 g/mol. The molecule has 4 nitrogen and oxygen atoms in total. The Morgan fingerprint density at radius 1 is 1.40 bits per heavy atom. The van der Waals surface area contributed by atoms with Crippen molar-refractivity contribution < 1.29 is 9.53 Å². The molecule has 3 N–H and O–H groups in total. The number of carbonyl (C=O) groups is 1. The molecule has 5 heteroatoms. The van der Waals surface area contributed by atoms with Crippen molar-refractivity contribution in [3.8, 4) is 0 Å². The number of anilines is 2. The van der Waals surface area contributed by atoms with Gasteiger partial charge in [0.25, 0.3) is 0 Å². The van der Waals surface area contributed by atoms with Crippen molar-refractivity contribution in [3.05, 3.63) is 10.9 Å². The average Bonchev–Trinajstić information content (AvgIpc) is 3.32. The van der Waals surface area contributed by atoms with Gasteiger partial charge in [0.15, 0.2) is 5.78 Å². The fourth-order valence-corrected chi connectivity index (χ4v) is 3.16. The number of Topliss-reactive ketones (excluding diaryl/α,β-unsaturated/α-hetero) is 1. The SMILES string of the molecule is Nc1cc(NCCCOCC2CC2)sc1C(=O)C1CC1. The lowest BCUT2D eigenvalue weighted by Crippen LogP contribution is -2.06. The van der Waals surface area contributed by atoms with Crippen molar-refractivity contribution in [1.82, 2.24) is 0 Å². The van der Waals surface area contributed by atoms with E-state index in [-0.39, 0.29) is 11.7 Å². The van der Waals surface area contributed by atoms with E-state index < -0.39 is 0 Å². The van der Waals surface area contributed by atoms with Gasteiger partial charge in [-0.1, -0.05) is 0 Å². The second-order valence-electron chi connectivity index (χ2n) is 5.83. The van der Waals surface area contributed by atoms with Crippen LogP contribution in [0.15, 0.2) is 6.07 Å². The first-order chi connectivity index (χ1) is 9.74. The largest absolute Gasteiger partial charge is 0.397 e. The number of nitrogen functional groups attached to an aromatic ring is 1. The summed E-state index contributed by atoms with van der Waals surface area (Å²) in [6, 6.07) is 1.88. The van der Waals surface area contributed by atoms with Crippen LogP contribution in [-0.4, -0.2) is 25.5 Å². The Morgan fingerprint density at radius 3 is 2.90 bits per heavy atom. The summed E-state index contributed by atoms with van der Waals surface area (Å²) >= 11 is 1.49. The summed E-state index contributed by atoms with van der Waals surface area (Å²) in [5, 5.41) is 4.32. The summed E-state index contributed by atoms with van der Waals surface area (Å²) in [5.41, 5.74) is 6.55. The van der Waals surface area contributed by atoms with E-state index in [0.29, 0.717) is 5.69 Å². The highest BCUT2D eigenvalue weighted by atomic mass is 32.1. The molecule has 2 aliphatic carbocycles. The lowest BCUT2D eigenvalue weighted by atomic mass is 10.2. The minimum absolute atomic E-state index is 0.230. The van der Waals surface area contributed by atoms with Crippen LogP contribution in [0.1, 0.15) is 41.8 Å². The fourth-order valence-electron chi connectivity index (χ4n) is 2.14. The molecule has 0 aromatic carbocycles. The van der Waals surface area contributed by atoms with Gasteiger partial charge in [0.2, 0.25) is 0 Å². The molecule has 1 heterocycles. The van der Waals surface area contributed by atoms with Crippen molar-refractivity contribution in [1.29, 1.82) is 0 Å². The molecule has 1 aromatic heterocycles. The summed E-state index contributed by atoms with van der Waals surface area (Å²) in [7, 11) is 0. The number of thiophene rings is 1. The molecule has 0 bridgehead atoms. The van der Waals surface area contributed by atoms with E-state index in [2.05, 4.69) is 5.32 Å². The molecule has 2 fully saturated rings. The van der Waals surface area contributed by atoms with Gasteiger partial charge in [-0.05, 0) is 44.1 Å². The van der Waals surface area contributed by atoms with E-state index in [1.165, 1.54) is 24.2 Å². The Kier molecular flexibility index (Phi) is 4.27. The van der Waals surface area contributed by atoms with E-state index in [4.69, 9.17) is 10.5 Å². The molecule has 2 saturated carbocycles. The quantitative estimate of drug-likeness (QED) is 0.542. The molecule has 2 aliphatic rings. The van der Waals surface area contributed by atoms with E-state index >= 15 is 0 Å². The third-order valence-electron chi connectivity index (χ3n) is 3.75. The number of rotatable bonds is 9. The smallest absolute Gasteiger partial charge is 0.178 e. The molecule has 0 unspecified atom stereocenters. The zero-order valence-electron chi connectivity index (χ0n) is 11.7. The van der Waals surface area contributed by atoms with Crippen LogP contribution in [0.4, 0.5) is 10.7 Å². The van der Waals surface area contributed by atoms with Gasteiger partial charge in [0, 0.05) is 25.7 Å². The first kappa shape index (κ1) is 13.9. The summed E-state index contributed by atoms with van der Waals surface area (Å²) in [6.45, 7) is 2.59. The second kappa shape index (κ2) is 6.14. The highest BCUT2D eigenvalue weighted by molar-refractivity contribution is 7.18. The summed E-state index contributed by atoms with van der Waals surface area (Å²) in [4.78, 5) is 12.7. The number of hydrogen-bond acceptors (Lipinski definition) is 5. The van der Waals surface area contributed by atoms with Crippen molar-refractivity contribution in [2.24, 2.45) is 11.8 Å². The Morgan fingerprint density at radius 2 is 2.20 bits per heavy atom. The van der Waals surface area contributed by atoms with Crippen LogP contribution in [-0.2, 0) is 4.74 Å². The number of carbonyl (C=O) groups excluding carboxylic acids is 1. The maximum Gasteiger partial charge on any atom is 0.178 e. The third-order valence-corrected chi connectivity index (χ3v) is 4.87. The molecule has 20 heavy (non-hydrogen) atoms. The number of nitrogens with two attached hydrogens (primary N) is 1. The zero-order chi connectivity index (χ0) is 13.9. The van der Waals surface area contributed by atoms with Crippen LogP contribution in [0.5, 0.6) is 0 Å². The highest BCUT2D eigenvalue weighted by Gasteiger charge is 2.32. The minimum Gasteiger partial charge on any atom is -0.397 e. The molecular weight excluding hydrogens is 272 g/mol. The number of ether oxygens (including phenoxy) is 1. The van der Waals surface area contributed by atoms with Crippen LogP contribution < -0.4 is 11.1 Å². The Bertz CT molecular complexity index is 478. The average molecular weight is 294 g/mol. The molecule has 0 saturated heterocycles. The Hall–Kier alpha value is -1.07. The first-order valence-corrected chi connectivity index (χ1v) is 8.31. The number of nitrogens with one attached hydrogen (secondary N) is 1. The van der Waals surface area contributed by atoms with Gasteiger partial charge in [0.1, 0.15) is 0 Å². The van der Waals surface area contributed by atoms with Crippen molar-refractivity contribution in [2.75, 3.05) is 30.8 Å². The van der Waals surface area contributed by atoms with Gasteiger partial charge in [-0.3, -0.25) is 4.79 Å². The third kappa shape index (κ3) is 3.73. The van der Waals surface area contributed by atoms with E-state index in [1.807, 2.05) is 6.07 Å². The molecule has 1 aromatic rings. The first-order valence-electron chi connectivity index (χ1n) is 7.49. The van der Waals surface area contributed by atoms with Crippen LogP contribution in [0.3, 0.4) is 0 Å². The summed E-state index contributed by atoms with van der Waals surface area (Å²) in [5.74, 6) is 1.30. The predicted molar refractivity (Wildman–Crippen MR) is 82.4 cm³/mol. The minimum atomic E-state index is 0.230. The molecule has 0 aliphatic heterocycles. The summed E-state index contributed by atoms with van der Waals surface area (Å²) < 4.78 is 5.59. The van der Waals surface area contributed by atoms with Gasteiger partial charge >= 0.3 is 0 Å². The zero-order valence-corrected chi connectivity index (χ0v) is 12.5. The summed E-state index contributed by atoms with van der Waals surface area (Å²) in [6.07, 6.45) is 5.71. The molecule has 3 rings (SSSR count). The maximum absolute atomic E-state index is 12.0.